The lowest BCUT2D eigenvalue weighted by molar-refractivity contribution is -0.104. The fourth-order valence-electron chi connectivity index (χ4n) is 8.95. The van der Waals surface area contributed by atoms with Crippen LogP contribution in [0.15, 0.2) is 42.5 Å². The third-order valence-corrected chi connectivity index (χ3v) is 9.38. The van der Waals surface area contributed by atoms with Crippen LogP contribution in [0.4, 0.5) is 4.39 Å². The number of hydrogen-bond donors (Lipinski definition) is 4. The molecule has 0 amide bonds. The van der Waals surface area contributed by atoms with Gasteiger partial charge in [0, 0.05) is 24.1 Å². The summed E-state index contributed by atoms with van der Waals surface area (Å²) in [4.78, 5) is 0. The molecule has 7 N–H and O–H groups in total. The van der Waals surface area contributed by atoms with Crippen molar-refractivity contribution in [3.05, 3.63) is 53.8 Å². The van der Waals surface area contributed by atoms with E-state index < -0.39 is 10.4 Å². The van der Waals surface area contributed by atoms with Crippen LogP contribution < -0.4 is 25.3 Å². The number of rotatable bonds is 4. The highest BCUT2D eigenvalue weighted by Crippen LogP contribution is 2.65. The van der Waals surface area contributed by atoms with E-state index in [1.807, 2.05) is 30.3 Å². The normalized spacial score (nSPS) is 33.3. The van der Waals surface area contributed by atoms with Crippen molar-refractivity contribution >= 4 is 10.4 Å². The molecule has 1 saturated heterocycles. The third-order valence-electron chi connectivity index (χ3n) is 9.38. The van der Waals surface area contributed by atoms with Gasteiger partial charge in [-0.3, -0.25) is 9.11 Å². The Hall–Kier alpha value is -2.48. The second-order valence-electron chi connectivity index (χ2n) is 13.7. The Balaban J connectivity index is 0.000000186. The number of nitrogens with one attached hydrogen (secondary N) is 1. The first-order chi connectivity index (χ1) is 19.7. The van der Waals surface area contributed by atoms with Gasteiger partial charge in [-0.25, -0.2) is 4.39 Å². The Morgan fingerprint density at radius 1 is 1.00 bits per heavy atom. The average Bonchev–Trinajstić information content (AvgIpc) is 3.33. The highest BCUT2D eigenvalue weighted by molar-refractivity contribution is 7.79. The van der Waals surface area contributed by atoms with Crippen LogP contribution in [0.2, 0.25) is 0 Å². The molecule has 6 aliphatic rings. The van der Waals surface area contributed by atoms with E-state index in [1.54, 1.807) is 0 Å². The predicted molar refractivity (Wildman–Crippen MR) is 160 cm³/mol. The van der Waals surface area contributed by atoms with E-state index in [-0.39, 0.29) is 23.6 Å². The first kappa shape index (κ1) is 33.4. The highest BCUT2D eigenvalue weighted by atomic mass is 32.3. The van der Waals surface area contributed by atoms with Gasteiger partial charge >= 0.3 is 10.4 Å². The van der Waals surface area contributed by atoms with Crippen LogP contribution in [0.3, 0.4) is 0 Å². The minimum atomic E-state index is -4.67. The summed E-state index contributed by atoms with van der Waals surface area (Å²) in [6, 6.07) is 12.5. The molecule has 2 unspecified atom stereocenters. The van der Waals surface area contributed by atoms with Gasteiger partial charge in [0.25, 0.3) is 0 Å². The van der Waals surface area contributed by atoms with Crippen molar-refractivity contribution in [3.63, 3.8) is 0 Å². The molecular weight excluding hydrogens is 579 g/mol. The summed E-state index contributed by atoms with van der Waals surface area (Å²) >= 11 is 0. The number of nitrogens with two attached hydrogens (primary N) is 1. The number of hydrogen-bond acceptors (Lipinski definition) is 7. The number of fused-ring (bicyclic) bond motifs is 1. The Labute approximate surface area is 253 Å². The molecule has 10 nitrogen and oxygen atoms in total. The van der Waals surface area contributed by atoms with Crippen molar-refractivity contribution in [3.8, 4) is 17.2 Å². The van der Waals surface area contributed by atoms with Gasteiger partial charge in [-0.1, -0.05) is 26.0 Å². The van der Waals surface area contributed by atoms with Gasteiger partial charge in [-0.2, -0.15) is 8.42 Å². The van der Waals surface area contributed by atoms with Crippen molar-refractivity contribution < 1.29 is 41.6 Å². The maximum absolute atomic E-state index is 13.2. The Morgan fingerprint density at radius 2 is 1.63 bits per heavy atom. The maximum Gasteiger partial charge on any atom is 0.394 e. The molecule has 5 fully saturated rings. The summed E-state index contributed by atoms with van der Waals surface area (Å²) in [5, 5.41) is 3.43. The molecule has 0 radical (unpaired) electrons. The molecule has 4 atom stereocenters. The molecule has 4 saturated carbocycles. The molecule has 8 rings (SSSR count). The van der Waals surface area contributed by atoms with E-state index in [9.17, 15) is 4.39 Å². The first-order valence-corrected chi connectivity index (χ1v) is 16.1. The average molecular weight is 625 g/mol. The quantitative estimate of drug-likeness (QED) is 0.356. The van der Waals surface area contributed by atoms with Gasteiger partial charge in [0.15, 0.2) is 11.5 Å². The molecule has 0 aromatic heterocycles. The molecule has 240 valence electrons. The van der Waals surface area contributed by atoms with Gasteiger partial charge < -0.3 is 30.7 Å². The number of benzene rings is 2. The zero-order chi connectivity index (χ0) is 30.2. The molecular formula is C31H45FN2O8S. The van der Waals surface area contributed by atoms with Crippen LogP contribution in [-0.4, -0.2) is 55.0 Å². The van der Waals surface area contributed by atoms with Crippen LogP contribution >= 0.6 is 0 Å². The predicted octanol–water partition coefficient (Wildman–Crippen LogP) is 4.54. The molecule has 2 aliphatic heterocycles. The van der Waals surface area contributed by atoms with E-state index in [2.05, 4.69) is 19.2 Å². The number of ether oxygens (including phenoxy) is 3. The number of piperidine rings is 1. The largest absolute Gasteiger partial charge is 0.493 e. The maximum atomic E-state index is 13.2. The molecule has 2 aromatic rings. The Bertz CT molecular complexity index is 1300. The topological polar surface area (TPSA) is 172 Å². The van der Waals surface area contributed by atoms with E-state index >= 15 is 0 Å². The van der Waals surface area contributed by atoms with E-state index in [1.165, 1.54) is 56.2 Å². The van der Waals surface area contributed by atoms with Gasteiger partial charge in [-0.15, -0.1) is 0 Å². The first-order valence-electron chi connectivity index (χ1n) is 14.7. The van der Waals surface area contributed by atoms with Crippen LogP contribution in [0.5, 0.6) is 17.2 Å². The Kier molecular flexibility index (Phi) is 9.99. The molecule has 12 heteroatoms. The van der Waals surface area contributed by atoms with Crippen LogP contribution in [-0.2, 0) is 10.4 Å². The van der Waals surface area contributed by atoms with Crippen molar-refractivity contribution in [1.82, 2.24) is 5.32 Å². The second-order valence-corrected chi connectivity index (χ2v) is 14.6. The van der Waals surface area contributed by atoms with E-state index in [0.29, 0.717) is 29.3 Å². The van der Waals surface area contributed by atoms with Gasteiger partial charge in [0.1, 0.15) is 11.6 Å². The monoisotopic (exact) mass is 624 g/mol. The van der Waals surface area contributed by atoms with Crippen molar-refractivity contribution in [1.29, 1.82) is 0 Å². The van der Waals surface area contributed by atoms with Gasteiger partial charge in [0.2, 0.25) is 6.79 Å². The molecule has 4 bridgehead atoms. The van der Waals surface area contributed by atoms with Crippen molar-refractivity contribution in [2.45, 2.75) is 70.3 Å². The molecule has 2 heterocycles. The number of halogens is 1. The molecule has 2 aromatic carbocycles. The molecule has 4 aliphatic carbocycles. The lowest BCUT2D eigenvalue weighted by atomic mass is 9.43. The summed E-state index contributed by atoms with van der Waals surface area (Å²) in [7, 11) is -4.67. The minimum absolute atomic E-state index is 0. The molecule has 43 heavy (non-hydrogen) atoms. The lowest BCUT2D eigenvalue weighted by Gasteiger charge is -2.64. The second kappa shape index (κ2) is 12.9. The minimum Gasteiger partial charge on any atom is -0.493 e. The zero-order valence-electron chi connectivity index (χ0n) is 24.9. The fourth-order valence-corrected chi connectivity index (χ4v) is 8.95. The fraction of sp³-hybridized carbons (Fsp3) is 0.613. The van der Waals surface area contributed by atoms with Crippen LogP contribution in [0.25, 0.3) is 0 Å². The lowest BCUT2D eigenvalue weighted by Crippen LogP contribution is -2.62. The Morgan fingerprint density at radius 3 is 2.23 bits per heavy atom. The standard InChI is InChI=1S/C19H20FNO3.C12H21N.H2O4S.H2O/c20-15-3-1-13(2-4-15)17-7-8-21-10-14(17)11-22-16-5-6-18-19(9-16)24-12-23-18;1-10-3-9-4-11(2,6-10)8-12(13,5-9)7-10;1-5(2,3)4;/h1-6,9,14,17,21H,7-8,10-12H2;9H,3-8,13H2,1-2H3;(H2,1,2,3,4);1H2/t14-,17-;;;/m0.../s1. The summed E-state index contributed by atoms with van der Waals surface area (Å²) in [6.07, 6.45) is 9.30. The smallest absolute Gasteiger partial charge is 0.394 e. The van der Waals surface area contributed by atoms with Gasteiger partial charge in [-0.05, 0) is 104 Å². The van der Waals surface area contributed by atoms with Crippen LogP contribution in [0.1, 0.15) is 70.3 Å². The summed E-state index contributed by atoms with van der Waals surface area (Å²) in [6.45, 7) is 7.68. The van der Waals surface area contributed by atoms with Gasteiger partial charge in [0.05, 0.1) is 6.61 Å². The highest BCUT2D eigenvalue weighted by Gasteiger charge is 2.58. The molecule has 0 spiro atoms. The van der Waals surface area contributed by atoms with Crippen molar-refractivity contribution in [2.24, 2.45) is 28.4 Å². The van der Waals surface area contributed by atoms with E-state index in [0.717, 1.165) is 42.7 Å². The SMILES string of the molecule is CC12CC3CC(C)(C1)CC(N)(C3)C2.Fc1ccc([C@@H]2CCNC[C@H]2COc2ccc3c(c2)OCO3)cc1.O.O=S(=O)(O)O. The van der Waals surface area contributed by atoms with Crippen molar-refractivity contribution in [2.75, 3.05) is 26.5 Å². The zero-order valence-corrected chi connectivity index (χ0v) is 25.7. The van der Waals surface area contributed by atoms with E-state index in [4.69, 9.17) is 37.5 Å². The summed E-state index contributed by atoms with van der Waals surface area (Å²) < 4.78 is 61.4. The summed E-state index contributed by atoms with van der Waals surface area (Å²) in [5.74, 6) is 3.74. The summed E-state index contributed by atoms with van der Waals surface area (Å²) in [5.41, 5.74) is 9.09. The third kappa shape index (κ3) is 8.80. The van der Waals surface area contributed by atoms with Crippen LogP contribution in [0, 0.1) is 28.5 Å².